The number of fused-ring (bicyclic) bond motifs is 10. The molecule has 0 amide bonds. The number of benzene rings is 3. The molecule has 2 aliphatic carbocycles. The van der Waals surface area contributed by atoms with Crippen LogP contribution in [-0.4, -0.2) is 4.98 Å². The average Bonchev–Trinajstić information content (AvgIpc) is 3.16. The van der Waals surface area contributed by atoms with Crippen molar-refractivity contribution in [3.63, 3.8) is 0 Å². The molecular formula is C24H14NPt-. The molecule has 2 heteroatoms. The molecule has 1 heterocycles. The van der Waals surface area contributed by atoms with Gasteiger partial charge in [-0.05, 0) is 34.0 Å². The number of aromatic nitrogens is 1. The third-order valence-corrected chi connectivity index (χ3v) is 5.66. The SMILES string of the molecule is [Pt].[c-]1cccc2c1-c1ncccc1C21c2ccccc2-c2ccccc21. The van der Waals surface area contributed by atoms with Gasteiger partial charge in [-0.15, -0.1) is 35.4 Å². The Kier molecular flexibility index (Phi) is 3.32. The second kappa shape index (κ2) is 5.50. The van der Waals surface area contributed by atoms with Gasteiger partial charge in [0.05, 0.1) is 0 Å². The van der Waals surface area contributed by atoms with Crippen molar-refractivity contribution in [1.82, 2.24) is 4.98 Å². The van der Waals surface area contributed by atoms with Gasteiger partial charge >= 0.3 is 0 Å². The second-order valence-electron chi connectivity index (χ2n) is 6.70. The van der Waals surface area contributed by atoms with Gasteiger partial charge in [0.25, 0.3) is 0 Å². The Bertz CT molecular complexity index is 974. The number of pyridine rings is 1. The molecule has 126 valence electrons. The minimum absolute atomic E-state index is 0. The van der Waals surface area contributed by atoms with E-state index < -0.39 is 0 Å². The second-order valence-corrected chi connectivity index (χ2v) is 6.70. The molecule has 1 spiro atoms. The number of nitrogens with zero attached hydrogens (tertiary/aromatic N) is 1. The van der Waals surface area contributed by atoms with Crippen LogP contribution in [0.2, 0.25) is 0 Å². The monoisotopic (exact) mass is 511 g/mol. The number of hydrogen-bond donors (Lipinski definition) is 0. The molecule has 1 aromatic heterocycles. The molecular weight excluding hydrogens is 497 g/mol. The van der Waals surface area contributed by atoms with Crippen LogP contribution in [0, 0.1) is 6.07 Å². The largest absolute Gasteiger partial charge is 0.304 e. The fraction of sp³-hybridized carbons (Fsp3) is 0.0417. The smallest absolute Gasteiger partial charge is 0.0313 e. The standard InChI is InChI=1S/C24H14N.Pt/c1-4-11-19-16(8-1)17-9-2-5-12-20(17)24(19)21-13-6-3-10-18(21)23-22(24)14-7-15-25-23;/h1-9,11-15H;/q-1;. The zero-order chi connectivity index (χ0) is 16.4. The fourth-order valence-electron chi connectivity index (χ4n) is 4.81. The van der Waals surface area contributed by atoms with Crippen LogP contribution in [0.15, 0.2) is 85.1 Å². The van der Waals surface area contributed by atoms with Gasteiger partial charge in [0.1, 0.15) is 0 Å². The van der Waals surface area contributed by atoms with Gasteiger partial charge in [-0.1, -0.05) is 60.2 Å². The summed E-state index contributed by atoms with van der Waals surface area (Å²) in [6, 6.07) is 31.6. The minimum Gasteiger partial charge on any atom is -0.304 e. The van der Waals surface area contributed by atoms with Crippen LogP contribution in [0.1, 0.15) is 22.3 Å². The van der Waals surface area contributed by atoms with Crippen molar-refractivity contribution in [2.24, 2.45) is 0 Å². The van der Waals surface area contributed by atoms with Crippen LogP contribution < -0.4 is 0 Å². The molecule has 0 fully saturated rings. The van der Waals surface area contributed by atoms with E-state index in [9.17, 15) is 0 Å². The predicted octanol–water partition coefficient (Wildman–Crippen LogP) is 5.22. The third kappa shape index (κ3) is 1.67. The van der Waals surface area contributed by atoms with Gasteiger partial charge in [0.2, 0.25) is 0 Å². The number of hydrogen-bond acceptors (Lipinski definition) is 1. The Morgan fingerprint density at radius 1 is 0.654 bits per heavy atom. The van der Waals surface area contributed by atoms with Crippen LogP contribution >= 0.6 is 0 Å². The topological polar surface area (TPSA) is 12.9 Å². The molecule has 2 aliphatic rings. The maximum atomic E-state index is 4.73. The molecule has 6 rings (SSSR count). The molecule has 0 N–H and O–H groups in total. The predicted molar refractivity (Wildman–Crippen MR) is 99.4 cm³/mol. The third-order valence-electron chi connectivity index (χ3n) is 5.66. The van der Waals surface area contributed by atoms with E-state index in [4.69, 9.17) is 4.98 Å². The Labute approximate surface area is 167 Å². The van der Waals surface area contributed by atoms with Crippen LogP contribution in [0.3, 0.4) is 0 Å². The van der Waals surface area contributed by atoms with Gasteiger partial charge < -0.3 is 4.98 Å². The molecule has 0 atom stereocenters. The van der Waals surface area contributed by atoms with E-state index in [-0.39, 0.29) is 26.5 Å². The summed E-state index contributed by atoms with van der Waals surface area (Å²) in [6.45, 7) is 0. The first-order valence-corrected chi connectivity index (χ1v) is 8.59. The zero-order valence-electron chi connectivity index (χ0n) is 13.8. The first-order chi connectivity index (χ1) is 12.4. The Balaban J connectivity index is 0.00000150. The number of rotatable bonds is 0. The van der Waals surface area contributed by atoms with E-state index >= 15 is 0 Å². The average molecular weight is 511 g/mol. The van der Waals surface area contributed by atoms with Crippen LogP contribution in [-0.2, 0) is 26.5 Å². The Hall–Kier alpha value is -2.50. The van der Waals surface area contributed by atoms with E-state index in [1.54, 1.807) is 0 Å². The Morgan fingerprint density at radius 2 is 1.27 bits per heavy atom. The van der Waals surface area contributed by atoms with Gasteiger partial charge in [0.15, 0.2) is 0 Å². The van der Waals surface area contributed by atoms with E-state index in [0.717, 1.165) is 11.3 Å². The van der Waals surface area contributed by atoms with Crippen molar-refractivity contribution < 1.29 is 21.1 Å². The van der Waals surface area contributed by atoms with Crippen LogP contribution in [0.4, 0.5) is 0 Å². The Morgan fingerprint density at radius 3 is 2.00 bits per heavy atom. The van der Waals surface area contributed by atoms with Crippen molar-refractivity contribution >= 4 is 0 Å². The molecule has 0 saturated heterocycles. The molecule has 4 aromatic rings. The van der Waals surface area contributed by atoms with Gasteiger partial charge in [-0.25, -0.2) is 0 Å². The van der Waals surface area contributed by atoms with Crippen molar-refractivity contribution in [2.75, 3.05) is 0 Å². The first kappa shape index (κ1) is 15.7. The quantitative estimate of drug-likeness (QED) is 0.255. The molecule has 26 heavy (non-hydrogen) atoms. The summed E-state index contributed by atoms with van der Waals surface area (Å²) < 4.78 is 0. The van der Waals surface area contributed by atoms with Crippen molar-refractivity contribution in [2.45, 2.75) is 5.41 Å². The molecule has 1 nitrogen and oxygen atoms in total. The van der Waals surface area contributed by atoms with E-state index in [1.165, 1.54) is 33.4 Å². The molecule has 0 radical (unpaired) electrons. The maximum Gasteiger partial charge on any atom is 0.0313 e. The minimum atomic E-state index is -0.274. The molecule has 3 aromatic carbocycles. The maximum absolute atomic E-state index is 4.73. The molecule has 0 bridgehead atoms. The van der Waals surface area contributed by atoms with Crippen LogP contribution in [0.25, 0.3) is 22.4 Å². The summed E-state index contributed by atoms with van der Waals surface area (Å²) in [7, 11) is 0. The zero-order valence-corrected chi connectivity index (χ0v) is 16.1. The summed E-state index contributed by atoms with van der Waals surface area (Å²) in [5, 5.41) is 0. The first-order valence-electron chi connectivity index (χ1n) is 8.59. The van der Waals surface area contributed by atoms with Crippen molar-refractivity contribution in [3.8, 4) is 22.4 Å². The molecule has 0 aliphatic heterocycles. The summed E-state index contributed by atoms with van der Waals surface area (Å²) in [5.74, 6) is 0. The molecule has 0 unspecified atom stereocenters. The summed E-state index contributed by atoms with van der Waals surface area (Å²) in [5.41, 5.74) is 9.83. The fourth-order valence-corrected chi connectivity index (χ4v) is 4.81. The molecule has 0 saturated carbocycles. The van der Waals surface area contributed by atoms with Crippen molar-refractivity contribution in [1.29, 1.82) is 0 Å². The summed E-state index contributed by atoms with van der Waals surface area (Å²) in [4.78, 5) is 4.73. The van der Waals surface area contributed by atoms with Gasteiger partial charge in [0, 0.05) is 32.7 Å². The van der Waals surface area contributed by atoms with Gasteiger partial charge in [-0.2, -0.15) is 0 Å². The normalized spacial score (nSPS) is 14.2. The van der Waals surface area contributed by atoms with Gasteiger partial charge in [-0.3, -0.25) is 0 Å². The van der Waals surface area contributed by atoms with E-state index in [0.29, 0.717) is 0 Å². The summed E-state index contributed by atoms with van der Waals surface area (Å²) in [6.07, 6.45) is 1.88. The summed E-state index contributed by atoms with van der Waals surface area (Å²) >= 11 is 0. The van der Waals surface area contributed by atoms with E-state index in [2.05, 4.69) is 78.9 Å². The van der Waals surface area contributed by atoms with E-state index in [1.807, 2.05) is 12.3 Å². The van der Waals surface area contributed by atoms with Crippen LogP contribution in [0.5, 0.6) is 0 Å². The van der Waals surface area contributed by atoms with Crippen molar-refractivity contribution in [3.05, 3.63) is 113 Å².